The molecule has 1 aromatic carbocycles. The molecule has 0 spiro atoms. The van der Waals surface area contributed by atoms with Crippen LogP contribution in [0.2, 0.25) is 5.02 Å². The van der Waals surface area contributed by atoms with Crippen LogP contribution < -0.4 is 4.74 Å². The molecule has 0 saturated heterocycles. The number of benzene rings is 1. The molecule has 1 rings (SSSR count). The lowest BCUT2D eigenvalue weighted by Gasteiger charge is -2.31. The summed E-state index contributed by atoms with van der Waals surface area (Å²) >= 11 is 5.95. The van der Waals surface area contributed by atoms with E-state index >= 15 is 0 Å². The Kier molecular flexibility index (Phi) is 4.99. The van der Waals surface area contributed by atoms with Gasteiger partial charge in [-0.2, -0.15) is 0 Å². The first-order chi connectivity index (χ1) is 8.35. The van der Waals surface area contributed by atoms with Crippen molar-refractivity contribution in [2.45, 2.75) is 19.4 Å². The van der Waals surface area contributed by atoms with E-state index in [2.05, 4.69) is 0 Å². The fourth-order valence-corrected chi connectivity index (χ4v) is 1.49. The molecule has 0 atom stereocenters. The Hall–Kier alpha value is -1.26. The lowest BCUT2D eigenvalue weighted by Crippen LogP contribution is -2.49. The molecule has 0 radical (unpaired) electrons. The Labute approximate surface area is 112 Å². The van der Waals surface area contributed by atoms with Crippen molar-refractivity contribution >= 4 is 17.6 Å². The van der Waals surface area contributed by atoms with Gasteiger partial charge < -0.3 is 9.84 Å². The number of ether oxygens (including phenoxy) is 1. The van der Waals surface area contributed by atoms with Crippen molar-refractivity contribution in [2.24, 2.45) is 0 Å². The van der Waals surface area contributed by atoms with E-state index in [0.717, 1.165) is 0 Å². The molecule has 0 aliphatic heterocycles. The number of hydrogen-bond donors (Lipinski definition) is 1. The molecule has 1 aromatic rings. The summed E-state index contributed by atoms with van der Waals surface area (Å²) in [7, 11) is 1.75. The Morgan fingerprint density at radius 1 is 1.44 bits per heavy atom. The minimum absolute atomic E-state index is 0.386. The minimum Gasteiger partial charge on any atom is -0.491 e. The lowest BCUT2D eigenvalue weighted by atomic mass is 10.0. The Morgan fingerprint density at radius 3 is 2.61 bits per heavy atom. The van der Waals surface area contributed by atoms with Gasteiger partial charge in [-0.25, -0.2) is 0 Å². The summed E-state index contributed by atoms with van der Waals surface area (Å²) in [4.78, 5) is 12.8. The van der Waals surface area contributed by atoms with Crippen LogP contribution >= 0.6 is 11.6 Å². The molecule has 0 saturated carbocycles. The average molecular weight is 272 g/mol. The van der Waals surface area contributed by atoms with Gasteiger partial charge in [0.25, 0.3) is 0 Å². The highest BCUT2D eigenvalue weighted by Gasteiger charge is 2.31. The zero-order valence-corrected chi connectivity index (χ0v) is 11.6. The van der Waals surface area contributed by atoms with Gasteiger partial charge in [0.15, 0.2) is 0 Å². The summed E-state index contributed by atoms with van der Waals surface area (Å²) in [6, 6.07) is 7.20. The lowest BCUT2D eigenvalue weighted by molar-refractivity contribution is -0.148. The largest absolute Gasteiger partial charge is 0.491 e. The van der Waals surface area contributed by atoms with Gasteiger partial charge in [-0.3, -0.25) is 9.69 Å². The number of hydrogen-bond acceptors (Lipinski definition) is 3. The predicted octanol–water partition coefficient (Wildman–Crippen LogP) is 2.51. The average Bonchev–Trinajstić information content (AvgIpc) is 2.31. The van der Waals surface area contributed by atoms with Crippen molar-refractivity contribution in [3.05, 3.63) is 29.3 Å². The predicted molar refractivity (Wildman–Crippen MR) is 71.3 cm³/mol. The van der Waals surface area contributed by atoms with Crippen LogP contribution in [0.25, 0.3) is 0 Å². The van der Waals surface area contributed by atoms with Crippen molar-refractivity contribution in [3.8, 4) is 5.75 Å². The highest BCUT2D eigenvalue weighted by atomic mass is 35.5. The number of carbonyl (C=O) groups is 1. The summed E-state index contributed by atoms with van der Waals surface area (Å²) in [5.74, 6) is -0.247. The second-order valence-corrected chi connectivity index (χ2v) is 4.97. The van der Waals surface area contributed by atoms with Gasteiger partial charge in [0.1, 0.15) is 17.9 Å². The van der Waals surface area contributed by atoms with Crippen LogP contribution in [0, 0.1) is 0 Å². The molecule has 100 valence electrons. The summed E-state index contributed by atoms with van der Waals surface area (Å²) in [6.07, 6.45) is 0. The monoisotopic (exact) mass is 271 g/mol. The van der Waals surface area contributed by atoms with Gasteiger partial charge in [0, 0.05) is 6.54 Å². The first-order valence-corrected chi connectivity index (χ1v) is 6.05. The van der Waals surface area contributed by atoms with Crippen LogP contribution in [0.4, 0.5) is 0 Å². The zero-order chi connectivity index (χ0) is 13.8. The third kappa shape index (κ3) is 3.62. The van der Waals surface area contributed by atoms with Crippen molar-refractivity contribution in [3.63, 3.8) is 0 Å². The molecule has 5 heteroatoms. The van der Waals surface area contributed by atoms with E-state index in [-0.39, 0.29) is 0 Å². The molecule has 0 aliphatic rings. The Balaban J connectivity index is 2.48. The van der Waals surface area contributed by atoms with Crippen LogP contribution in [0.15, 0.2) is 24.3 Å². The van der Waals surface area contributed by atoms with E-state index in [0.29, 0.717) is 23.9 Å². The number of rotatable bonds is 6. The van der Waals surface area contributed by atoms with E-state index in [9.17, 15) is 4.79 Å². The molecule has 1 N–H and O–H groups in total. The quantitative estimate of drug-likeness (QED) is 0.864. The van der Waals surface area contributed by atoms with Gasteiger partial charge in [-0.05, 0) is 33.0 Å². The summed E-state index contributed by atoms with van der Waals surface area (Å²) in [6.45, 7) is 4.21. The highest BCUT2D eigenvalue weighted by Crippen LogP contribution is 2.23. The number of likely N-dealkylation sites (N-methyl/N-ethyl adjacent to an activating group) is 1. The number of carboxylic acids is 1. The van der Waals surface area contributed by atoms with Gasteiger partial charge in [-0.1, -0.05) is 23.7 Å². The Bertz CT molecular complexity index is 420. The third-order valence-corrected chi connectivity index (χ3v) is 3.31. The molecular weight excluding hydrogens is 254 g/mol. The molecule has 0 amide bonds. The number of aliphatic carboxylic acids is 1. The fraction of sp³-hybridized carbons (Fsp3) is 0.462. The van der Waals surface area contributed by atoms with Gasteiger partial charge in [0.2, 0.25) is 0 Å². The number of nitrogens with zero attached hydrogens (tertiary/aromatic N) is 1. The van der Waals surface area contributed by atoms with E-state index in [1.807, 2.05) is 12.1 Å². The number of para-hydroxylation sites is 1. The molecule has 4 nitrogen and oxygen atoms in total. The maximum absolute atomic E-state index is 11.0. The van der Waals surface area contributed by atoms with Gasteiger partial charge in [-0.15, -0.1) is 0 Å². The topological polar surface area (TPSA) is 49.8 Å². The van der Waals surface area contributed by atoms with Crippen LogP contribution in [-0.4, -0.2) is 41.7 Å². The molecule has 0 bridgehead atoms. The van der Waals surface area contributed by atoms with Crippen LogP contribution in [0.1, 0.15) is 13.8 Å². The van der Waals surface area contributed by atoms with E-state index in [1.165, 1.54) is 0 Å². The van der Waals surface area contributed by atoms with Crippen molar-refractivity contribution < 1.29 is 14.6 Å². The second kappa shape index (κ2) is 6.07. The fourth-order valence-electron chi connectivity index (χ4n) is 1.30. The first kappa shape index (κ1) is 14.8. The summed E-state index contributed by atoms with van der Waals surface area (Å²) < 4.78 is 5.52. The van der Waals surface area contributed by atoms with Crippen LogP contribution in [-0.2, 0) is 4.79 Å². The maximum Gasteiger partial charge on any atom is 0.323 e. The number of carboxylic acid groups (broad SMARTS) is 1. The molecule has 0 heterocycles. The van der Waals surface area contributed by atoms with E-state index in [4.69, 9.17) is 21.4 Å². The third-order valence-electron chi connectivity index (χ3n) is 3.00. The molecule has 0 aliphatic carbocycles. The van der Waals surface area contributed by atoms with E-state index in [1.54, 1.807) is 37.9 Å². The normalized spacial score (nSPS) is 11.6. The molecule has 0 aromatic heterocycles. The van der Waals surface area contributed by atoms with Gasteiger partial charge in [0.05, 0.1) is 5.02 Å². The van der Waals surface area contributed by atoms with Crippen LogP contribution in [0.5, 0.6) is 5.75 Å². The van der Waals surface area contributed by atoms with Crippen LogP contribution in [0.3, 0.4) is 0 Å². The molecular formula is C13H18ClNO3. The van der Waals surface area contributed by atoms with E-state index < -0.39 is 11.5 Å². The zero-order valence-electron chi connectivity index (χ0n) is 10.8. The minimum atomic E-state index is -0.913. The summed E-state index contributed by atoms with van der Waals surface area (Å²) in [5.41, 5.74) is -0.913. The molecule has 18 heavy (non-hydrogen) atoms. The van der Waals surface area contributed by atoms with Crippen molar-refractivity contribution in [1.29, 1.82) is 0 Å². The maximum atomic E-state index is 11.0. The highest BCUT2D eigenvalue weighted by molar-refractivity contribution is 6.32. The van der Waals surface area contributed by atoms with Crippen molar-refractivity contribution in [2.75, 3.05) is 20.2 Å². The molecule has 0 fully saturated rings. The second-order valence-electron chi connectivity index (χ2n) is 4.56. The standard InChI is InChI=1S/C13H18ClNO3/c1-13(2,12(16)17)15(3)8-9-18-11-7-5-4-6-10(11)14/h4-7H,8-9H2,1-3H3,(H,16,17). The SMILES string of the molecule is CN(CCOc1ccccc1Cl)C(C)(C)C(=O)O. The smallest absolute Gasteiger partial charge is 0.323 e. The van der Waals surface area contributed by atoms with Gasteiger partial charge >= 0.3 is 5.97 Å². The summed E-state index contributed by atoms with van der Waals surface area (Å²) in [5, 5.41) is 9.62. The first-order valence-electron chi connectivity index (χ1n) is 5.67. The van der Waals surface area contributed by atoms with Crippen molar-refractivity contribution in [1.82, 2.24) is 4.90 Å². The number of halogens is 1. The molecule has 0 unspecified atom stereocenters. The Morgan fingerprint density at radius 2 is 2.06 bits per heavy atom.